The van der Waals surface area contributed by atoms with E-state index in [4.69, 9.17) is 11.6 Å². The van der Waals surface area contributed by atoms with Gasteiger partial charge in [0, 0.05) is 49.0 Å². The molecule has 202 valence electrons. The molecule has 0 saturated carbocycles. The summed E-state index contributed by atoms with van der Waals surface area (Å²) in [6, 6.07) is 22.2. The van der Waals surface area contributed by atoms with Gasteiger partial charge < -0.3 is 25.3 Å². The Morgan fingerprint density at radius 2 is 1.59 bits per heavy atom. The monoisotopic (exact) mass is 545 g/mol. The van der Waals surface area contributed by atoms with Gasteiger partial charge in [0.05, 0.1) is 17.0 Å². The van der Waals surface area contributed by atoms with Crippen molar-refractivity contribution in [2.24, 2.45) is 0 Å². The summed E-state index contributed by atoms with van der Waals surface area (Å²) in [6.45, 7) is 0.527. The maximum Gasteiger partial charge on any atom is 0.258 e. The van der Waals surface area contributed by atoms with Crippen molar-refractivity contribution in [1.29, 1.82) is 0 Å². The van der Waals surface area contributed by atoms with Crippen LogP contribution in [0.15, 0.2) is 72.8 Å². The lowest BCUT2D eigenvalue weighted by Gasteiger charge is -2.25. The highest BCUT2D eigenvalue weighted by Gasteiger charge is 2.29. The normalized spacial score (nSPS) is 13.5. The summed E-state index contributed by atoms with van der Waals surface area (Å²) in [5.74, 6) is -0.530. The fourth-order valence-corrected chi connectivity index (χ4v) is 4.37. The molecule has 9 heteroatoms. The molecule has 8 nitrogen and oxygen atoms in total. The molecule has 3 aromatic carbocycles. The number of hydrogen-bond acceptors (Lipinski definition) is 5. The molecule has 0 aliphatic carbocycles. The lowest BCUT2D eigenvalue weighted by molar-refractivity contribution is -0.129. The van der Waals surface area contributed by atoms with E-state index < -0.39 is 0 Å². The molecule has 0 spiro atoms. The zero-order valence-electron chi connectivity index (χ0n) is 22.5. The first-order chi connectivity index (χ1) is 18.6. The van der Waals surface area contributed by atoms with Crippen molar-refractivity contribution in [3.05, 3.63) is 88.9 Å². The van der Waals surface area contributed by atoms with Crippen LogP contribution in [0.3, 0.4) is 0 Å². The van der Waals surface area contributed by atoms with Crippen LogP contribution in [0.1, 0.15) is 17.5 Å². The molecule has 0 aromatic heterocycles. The summed E-state index contributed by atoms with van der Waals surface area (Å²) in [4.78, 5) is 43.6. The molecule has 0 unspecified atom stereocenters. The zero-order chi connectivity index (χ0) is 28.1. The van der Waals surface area contributed by atoms with Gasteiger partial charge in [-0.1, -0.05) is 48.0 Å². The van der Waals surface area contributed by atoms with Crippen LogP contribution in [0.4, 0.5) is 17.1 Å². The van der Waals surface area contributed by atoms with Crippen molar-refractivity contribution >= 4 is 57.7 Å². The number of hydrogen-bond donors (Lipinski definition) is 2. The van der Waals surface area contributed by atoms with Gasteiger partial charge >= 0.3 is 0 Å². The molecule has 0 saturated heterocycles. The van der Waals surface area contributed by atoms with E-state index in [9.17, 15) is 14.4 Å². The van der Waals surface area contributed by atoms with Gasteiger partial charge in [-0.15, -0.1) is 0 Å². The Labute approximate surface area is 233 Å². The maximum absolute atomic E-state index is 13.1. The van der Waals surface area contributed by atoms with E-state index in [0.717, 1.165) is 16.8 Å². The minimum absolute atomic E-state index is 0.0507. The van der Waals surface area contributed by atoms with E-state index in [1.165, 1.54) is 9.80 Å². The molecule has 39 heavy (non-hydrogen) atoms. The van der Waals surface area contributed by atoms with Gasteiger partial charge in [0.1, 0.15) is 6.54 Å². The molecule has 1 aliphatic rings. The predicted octanol–water partition coefficient (Wildman–Crippen LogP) is 4.65. The molecule has 0 fully saturated rings. The SMILES string of the molecule is CN(C)CCC(=O)N(CC(=O)N(C)C)c1ccc(N/C(=C2\C(=O)Nc3cc(Cl)ccc32)c2ccccc2)cc1. The molecule has 1 heterocycles. The predicted molar refractivity (Wildman–Crippen MR) is 158 cm³/mol. The van der Waals surface area contributed by atoms with Crippen LogP contribution in [0.2, 0.25) is 5.02 Å². The third kappa shape index (κ3) is 6.66. The second-order valence-electron chi connectivity index (χ2n) is 9.75. The lowest BCUT2D eigenvalue weighted by atomic mass is 10.00. The smallest absolute Gasteiger partial charge is 0.258 e. The number of carbonyl (C=O) groups excluding carboxylic acids is 3. The van der Waals surface area contributed by atoms with Gasteiger partial charge in [0.15, 0.2) is 0 Å². The number of nitrogens with one attached hydrogen (secondary N) is 2. The molecule has 4 rings (SSSR count). The van der Waals surface area contributed by atoms with E-state index in [2.05, 4.69) is 10.6 Å². The Bertz CT molecular complexity index is 1400. The fraction of sp³-hybridized carbons (Fsp3) is 0.233. The number of anilines is 3. The quantitative estimate of drug-likeness (QED) is 0.382. The van der Waals surface area contributed by atoms with Crippen molar-refractivity contribution in [3.63, 3.8) is 0 Å². The summed E-state index contributed by atoms with van der Waals surface area (Å²) < 4.78 is 0. The van der Waals surface area contributed by atoms with Crippen molar-refractivity contribution in [2.45, 2.75) is 6.42 Å². The maximum atomic E-state index is 13.1. The first kappa shape index (κ1) is 27.9. The van der Waals surface area contributed by atoms with Crippen LogP contribution < -0.4 is 15.5 Å². The van der Waals surface area contributed by atoms with E-state index in [0.29, 0.717) is 34.2 Å². The second-order valence-corrected chi connectivity index (χ2v) is 10.2. The number of likely N-dealkylation sites (N-methyl/N-ethyl adjacent to an activating group) is 1. The minimum atomic E-state index is -0.227. The van der Waals surface area contributed by atoms with E-state index in [1.54, 1.807) is 38.4 Å². The summed E-state index contributed by atoms with van der Waals surface area (Å²) in [5, 5.41) is 6.86. The van der Waals surface area contributed by atoms with Gasteiger partial charge in [0.2, 0.25) is 11.8 Å². The van der Waals surface area contributed by atoms with Gasteiger partial charge in [-0.2, -0.15) is 0 Å². The van der Waals surface area contributed by atoms with Crippen LogP contribution in [0, 0.1) is 0 Å². The van der Waals surface area contributed by atoms with Gasteiger partial charge in [-0.05, 0) is 56.1 Å². The number of carbonyl (C=O) groups is 3. The van der Waals surface area contributed by atoms with Crippen LogP contribution in [-0.2, 0) is 14.4 Å². The summed E-state index contributed by atoms with van der Waals surface area (Å²) in [7, 11) is 7.14. The molecule has 0 radical (unpaired) electrons. The summed E-state index contributed by atoms with van der Waals surface area (Å²) in [5.41, 5.74) is 4.74. The Morgan fingerprint density at radius 3 is 2.23 bits per heavy atom. The largest absolute Gasteiger partial charge is 0.354 e. The topological polar surface area (TPSA) is 85.0 Å². The highest BCUT2D eigenvalue weighted by Crippen LogP contribution is 2.38. The van der Waals surface area contributed by atoms with E-state index >= 15 is 0 Å². The number of benzene rings is 3. The summed E-state index contributed by atoms with van der Waals surface area (Å²) in [6.07, 6.45) is 0.288. The van der Waals surface area contributed by atoms with Gasteiger partial charge in [-0.25, -0.2) is 0 Å². The molecule has 2 N–H and O–H groups in total. The van der Waals surface area contributed by atoms with Crippen LogP contribution in [-0.4, -0.2) is 68.8 Å². The van der Waals surface area contributed by atoms with Gasteiger partial charge in [-0.3, -0.25) is 14.4 Å². The van der Waals surface area contributed by atoms with Crippen molar-refractivity contribution in [2.75, 3.05) is 56.8 Å². The Morgan fingerprint density at radius 1 is 0.897 bits per heavy atom. The van der Waals surface area contributed by atoms with E-state index in [-0.39, 0.29) is 30.7 Å². The molecule has 0 atom stereocenters. The Hall–Kier alpha value is -4.14. The highest BCUT2D eigenvalue weighted by molar-refractivity contribution is 6.38. The van der Waals surface area contributed by atoms with Crippen molar-refractivity contribution in [1.82, 2.24) is 9.80 Å². The third-order valence-corrected chi connectivity index (χ3v) is 6.59. The van der Waals surface area contributed by atoms with Crippen molar-refractivity contribution < 1.29 is 14.4 Å². The highest BCUT2D eigenvalue weighted by atomic mass is 35.5. The first-order valence-corrected chi connectivity index (χ1v) is 12.9. The average molecular weight is 546 g/mol. The second kappa shape index (κ2) is 12.1. The molecular formula is C30H32ClN5O3. The van der Waals surface area contributed by atoms with Crippen LogP contribution in [0.5, 0.6) is 0 Å². The molecule has 0 bridgehead atoms. The Balaban J connectivity index is 1.68. The first-order valence-electron chi connectivity index (χ1n) is 12.6. The third-order valence-electron chi connectivity index (χ3n) is 6.35. The standard InChI is InChI=1S/C30H32ClN5O3/c1-34(2)17-16-26(37)36(19-27(38)35(3)4)23-13-11-22(12-14-23)32-29(20-8-6-5-7-9-20)28-24-15-10-21(31)18-25(24)33-30(28)39/h5-15,18,32H,16-17,19H2,1-4H3,(H,33,39)/b29-28-. The number of halogens is 1. The molecule has 1 aliphatic heterocycles. The molecule has 3 amide bonds. The summed E-state index contributed by atoms with van der Waals surface area (Å²) >= 11 is 6.15. The number of rotatable bonds is 9. The van der Waals surface area contributed by atoms with Gasteiger partial charge in [0.25, 0.3) is 5.91 Å². The van der Waals surface area contributed by atoms with Crippen molar-refractivity contribution in [3.8, 4) is 0 Å². The fourth-order valence-electron chi connectivity index (χ4n) is 4.20. The number of fused-ring (bicyclic) bond motifs is 1. The molecular weight excluding hydrogens is 514 g/mol. The van der Waals surface area contributed by atoms with Crippen LogP contribution >= 0.6 is 11.6 Å². The molecule has 3 aromatic rings. The van der Waals surface area contributed by atoms with E-state index in [1.807, 2.05) is 67.5 Å². The Kier molecular flexibility index (Phi) is 8.69. The van der Waals surface area contributed by atoms with Crippen LogP contribution in [0.25, 0.3) is 11.3 Å². The number of nitrogens with zero attached hydrogens (tertiary/aromatic N) is 3. The average Bonchev–Trinajstić information content (AvgIpc) is 3.24. The minimum Gasteiger partial charge on any atom is -0.354 e. The zero-order valence-corrected chi connectivity index (χ0v) is 23.2. The number of amides is 3. The lowest BCUT2D eigenvalue weighted by Crippen LogP contribution is -2.41.